The lowest BCUT2D eigenvalue weighted by molar-refractivity contribution is -0.119. The number of benzene rings is 3. The number of hydrogen-bond acceptors (Lipinski definition) is 4. The van der Waals surface area contributed by atoms with Gasteiger partial charge in [-0.2, -0.15) is 0 Å². The molecule has 4 aromatic rings. The highest BCUT2D eigenvalue weighted by Gasteiger charge is 2.32. The molecule has 4 amide bonds. The van der Waals surface area contributed by atoms with E-state index in [1.807, 2.05) is 12.1 Å². The zero-order valence-electron chi connectivity index (χ0n) is 20.6. The summed E-state index contributed by atoms with van der Waals surface area (Å²) >= 11 is 6.07. The van der Waals surface area contributed by atoms with E-state index in [0.717, 1.165) is 10.9 Å². The summed E-state index contributed by atoms with van der Waals surface area (Å²) in [4.78, 5) is 43.0. The van der Waals surface area contributed by atoms with Gasteiger partial charge in [-0.1, -0.05) is 23.7 Å². The number of amides is 4. The van der Waals surface area contributed by atoms with Crippen LogP contribution in [0.3, 0.4) is 0 Å². The first-order chi connectivity index (χ1) is 18.4. The minimum atomic E-state index is -0.409. The van der Waals surface area contributed by atoms with Gasteiger partial charge in [-0.05, 0) is 61.0 Å². The van der Waals surface area contributed by atoms with Crippen molar-refractivity contribution in [2.75, 3.05) is 36.1 Å². The van der Waals surface area contributed by atoms with Gasteiger partial charge in [0, 0.05) is 46.6 Å². The van der Waals surface area contributed by atoms with Crippen LogP contribution in [-0.4, -0.2) is 47.9 Å². The van der Waals surface area contributed by atoms with E-state index in [0.29, 0.717) is 52.9 Å². The number of nitrogens with zero attached hydrogens (tertiary/aromatic N) is 1. The number of rotatable bonds is 6. The molecule has 38 heavy (non-hydrogen) atoms. The molecule has 0 radical (unpaired) electrons. The molecule has 1 aromatic heterocycles. The summed E-state index contributed by atoms with van der Waals surface area (Å²) < 4.78 is 5.30. The van der Waals surface area contributed by atoms with Crippen LogP contribution in [0.5, 0.6) is 5.75 Å². The molecular formula is C28H26ClN5O4. The molecule has 194 valence electrons. The fourth-order valence-corrected chi connectivity index (χ4v) is 4.68. The Labute approximate surface area is 224 Å². The summed E-state index contributed by atoms with van der Waals surface area (Å²) in [7, 11) is 1.53. The van der Waals surface area contributed by atoms with Crippen LogP contribution in [0.15, 0.2) is 72.9 Å². The van der Waals surface area contributed by atoms with E-state index in [1.165, 1.54) is 7.11 Å². The van der Waals surface area contributed by atoms with Crippen molar-refractivity contribution in [1.29, 1.82) is 0 Å². The first-order valence-corrected chi connectivity index (χ1v) is 12.5. The highest BCUT2D eigenvalue weighted by Crippen LogP contribution is 2.27. The van der Waals surface area contributed by atoms with Crippen molar-refractivity contribution in [1.82, 2.24) is 9.88 Å². The maximum atomic E-state index is 12.9. The second-order valence-electron chi connectivity index (χ2n) is 8.98. The number of halogens is 1. The van der Waals surface area contributed by atoms with Gasteiger partial charge in [0.1, 0.15) is 5.75 Å². The SMILES string of the molecule is COc1ccccc1C(=O)N1CCC(C(=O)Nc2ccc(NC(=O)Nc3c[nH]c4ccc(Cl)cc34)cc2)C1. The topological polar surface area (TPSA) is 116 Å². The summed E-state index contributed by atoms with van der Waals surface area (Å²) in [5.41, 5.74) is 3.12. The highest BCUT2D eigenvalue weighted by atomic mass is 35.5. The molecule has 0 spiro atoms. The number of H-pyrrole nitrogens is 1. The number of nitrogens with one attached hydrogen (secondary N) is 4. The quantitative estimate of drug-likeness (QED) is 0.260. The molecular weight excluding hydrogens is 506 g/mol. The lowest BCUT2D eigenvalue weighted by Gasteiger charge is -2.18. The van der Waals surface area contributed by atoms with E-state index in [2.05, 4.69) is 20.9 Å². The van der Waals surface area contributed by atoms with Crippen LogP contribution in [0, 0.1) is 5.92 Å². The van der Waals surface area contributed by atoms with Crippen LogP contribution in [0.25, 0.3) is 10.9 Å². The number of ether oxygens (including phenoxy) is 1. The number of aromatic nitrogens is 1. The largest absolute Gasteiger partial charge is 0.496 e. The number of anilines is 3. The minimum Gasteiger partial charge on any atom is -0.496 e. The first kappa shape index (κ1) is 25.2. The Morgan fingerprint density at radius 2 is 1.71 bits per heavy atom. The molecule has 2 heterocycles. The molecule has 1 fully saturated rings. The van der Waals surface area contributed by atoms with E-state index in [4.69, 9.17) is 16.3 Å². The van der Waals surface area contributed by atoms with Gasteiger partial charge >= 0.3 is 6.03 Å². The summed E-state index contributed by atoms with van der Waals surface area (Å²) in [5, 5.41) is 9.86. The van der Waals surface area contributed by atoms with E-state index in [9.17, 15) is 14.4 Å². The number of urea groups is 1. The second-order valence-corrected chi connectivity index (χ2v) is 9.41. The molecule has 1 unspecified atom stereocenters. The third kappa shape index (κ3) is 5.42. The number of methoxy groups -OCH3 is 1. The minimum absolute atomic E-state index is 0.151. The van der Waals surface area contributed by atoms with E-state index in [-0.39, 0.29) is 17.7 Å². The molecule has 0 bridgehead atoms. The average Bonchev–Trinajstić information content (AvgIpc) is 3.57. The number of para-hydroxylation sites is 1. The number of hydrogen-bond donors (Lipinski definition) is 4. The Bertz CT molecular complexity index is 1500. The van der Waals surface area contributed by atoms with Crippen molar-refractivity contribution in [2.24, 2.45) is 5.92 Å². The Hall–Kier alpha value is -4.50. The van der Waals surface area contributed by atoms with Crippen LogP contribution < -0.4 is 20.7 Å². The summed E-state index contributed by atoms with van der Waals surface area (Å²) in [5.74, 6) is -0.112. The Morgan fingerprint density at radius 1 is 0.974 bits per heavy atom. The fourth-order valence-electron chi connectivity index (χ4n) is 4.51. The Kier molecular flexibility index (Phi) is 7.19. The van der Waals surface area contributed by atoms with Gasteiger partial charge in [0.2, 0.25) is 5.91 Å². The van der Waals surface area contributed by atoms with Gasteiger partial charge in [-0.25, -0.2) is 4.79 Å². The molecule has 10 heteroatoms. The summed E-state index contributed by atoms with van der Waals surface area (Å²) in [6.45, 7) is 0.831. The first-order valence-electron chi connectivity index (χ1n) is 12.1. The third-order valence-electron chi connectivity index (χ3n) is 6.49. The Morgan fingerprint density at radius 3 is 2.47 bits per heavy atom. The number of carbonyl (C=O) groups excluding carboxylic acids is 3. The van der Waals surface area contributed by atoms with Crippen molar-refractivity contribution in [2.45, 2.75) is 6.42 Å². The second kappa shape index (κ2) is 10.9. The molecule has 4 N–H and O–H groups in total. The maximum Gasteiger partial charge on any atom is 0.323 e. The predicted octanol–water partition coefficient (Wildman–Crippen LogP) is 5.57. The van der Waals surface area contributed by atoms with Gasteiger partial charge < -0.3 is 30.6 Å². The molecule has 1 atom stereocenters. The molecule has 0 saturated carbocycles. The monoisotopic (exact) mass is 531 g/mol. The standard InChI is InChI=1S/C28H26ClN5O4/c1-38-25-5-3-2-4-21(25)27(36)34-13-12-17(16-34)26(35)31-19-7-9-20(10-8-19)32-28(37)33-24-15-30-23-11-6-18(29)14-22(23)24/h2-11,14-15,17,30H,12-13,16H2,1H3,(H,31,35)(H2,32,33,37). The normalized spacial score (nSPS) is 14.8. The maximum absolute atomic E-state index is 12.9. The van der Waals surface area contributed by atoms with Gasteiger partial charge in [0.05, 0.1) is 24.3 Å². The van der Waals surface area contributed by atoms with Crippen LogP contribution in [0.4, 0.5) is 21.9 Å². The molecule has 1 aliphatic rings. The molecule has 3 aromatic carbocycles. The summed E-state index contributed by atoms with van der Waals surface area (Å²) in [6.07, 6.45) is 2.28. The molecule has 0 aliphatic carbocycles. The van der Waals surface area contributed by atoms with Crippen molar-refractivity contribution in [3.63, 3.8) is 0 Å². The Balaban J connectivity index is 1.14. The van der Waals surface area contributed by atoms with Gasteiger partial charge in [0.25, 0.3) is 5.91 Å². The van der Waals surface area contributed by atoms with Gasteiger partial charge in [-0.15, -0.1) is 0 Å². The third-order valence-corrected chi connectivity index (χ3v) is 6.72. The van der Waals surface area contributed by atoms with Crippen LogP contribution in [0.1, 0.15) is 16.8 Å². The number of carbonyl (C=O) groups is 3. The predicted molar refractivity (Wildman–Crippen MR) is 148 cm³/mol. The molecule has 1 aliphatic heterocycles. The zero-order chi connectivity index (χ0) is 26.6. The number of likely N-dealkylation sites (tertiary alicyclic amines) is 1. The lowest BCUT2D eigenvalue weighted by atomic mass is 10.1. The average molecular weight is 532 g/mol. The van der Waals surface area contributed by atoms with E-state index >= 15 is 0 Å². The van der Waals surface area contributed by atoms with E-state index < -0.39 is 6.03 Å². The zero-order valence-corrected chi connectivity index (χ0v) is 21.3. The van der Waals surface area contributed by atoms with Gasteiger partial charge in [0.15, 0.2) is 0 Å². The van der Waals surface area contributed by atoms with Gasteiger partial charge in [-0.3, -0.25) is 9.59 Å². The van der Waals surface area contributed by atoms with Crippen molar-refractivity contribution >= 4 is 57.4 Å². The van der Waals surface area contributed by atoms with Crippen molar-refractivity contribution in [3.05, 3.63) is 83.5 Å². The molecule has 5 rings (SSSR count). The summed E-state index contributed by atoms with van der Waals surface area (Å²) in [6, 6.07) is 18.9. The van der Waals surface area contributed by atoms with Crippen LogP contribution in [-0.2, 0) is 4.79 Å². The van der Waals surface area contributed by atoms with E-state index in [1.54, 1.807) is 65.7 Å². The van der Waals surface area contributed by atoms with Crippen LogP contribution >= 0.6 is 11.6 Å². The smallest absolute Gasteiger partial charge is 0.323 e. The highest BCUT2D eigenvalue weighted by molar-refractivity contribution is 6.31. The lowest BCUT2D eigenvalue weighted by Crippen LogP contribution is -2.31. The fraction of sp³-hybridized carbons (Fsp3) is 0.179. The molecule has 9 nitrogen and oxygen atoms in total. The van der Waals surface area contributed by atoms with Crippen molar-refractivity contribution < 1.29 is 19.1 Å². The number of fused-ring (bicyclic) bond motifs is 1. The van der Waals surface area contributed by atoms with Crippen molar-refractivity contribution in [3.8, 4) is 5.75 Å². The van der Waals surface area contributed by atoms with Crippen LogP contribution in [0.2, 0.25) is 5.02 Å². The number of aromatic amines is 1. The molecule has 1 saturated heterocycles.